The molecule has 0 saturated carbocycles. The fourth-order valence-corrected chi connectivity index (χ4v) is 3.77. The van der Waals surface area contributed by atoms with Crippen molar-refractivity contribution in [3.05, 3.63) is 48.0 Å². The zero-order chi connectivity index (χ0) is 18.5. The van der Waals surface area contributed by atoms with Crippen molar-refractivity contribution in [2.45, 2.75) is 38.8 Å². The van der Waals surface area contributed by atoms with Crippen LogP contribution in [0.2, 0.25) is 0 Å². The Morgan fingerprint density at radius 1 is 1.15 bits per heavy atom. The summed E-state index contributed by atoms with van der Waals surface area (Å²) in [5.41, 5.74) is 2.17. The first-order valence-corrected chi connectivity index (χ1v) is 9.88. The van der Waals surface area contributed by atoms with Crippen LogP contribution in [0.1, 0.15) is 31.7 Å². The van der Waals surface area contributed by atoms with Crippen LogP contribution < -0.4 is 19.5 Å². The first-order valence-electron chi connectivity index (χ1n) is 9.88. The van der Waals surface area contributed by atoms with Crippen molar-refractivity contribution >= 4 is 5.69 Å². The molecule has 1 N–H and O–H groups in total. The number of likely N-dealkylation sites (tertiary alicyclic amines) is 1. The lowest BCUT2D eigenvalue weighted by atomic mass is 10.2. The lowest BCUT2D eigenvalue weighted by Crippen LogP contribution is -2.28. The molecule has 1 fully saturated rings. The van der Waals surface area contributed by atoms with Gasteiger partial charge in [0, 0.05) is 36.4 Å². The third-order valence-electron chi connectivity index (χ3n) is 5.37. The summed E-state index contributed by atoms with van der Waals surface area (Å²) in [6.07, 6.45) is 3.72. The molecule has 144 valence electrons. The zero-order valence-electron chi connectivity index (χ0n) is 15.9. The first kappa shape index (κ1) is 18.0. The number of nitrogens with one attached hydrogen (secondary N) is 1. The standard InChI is InChI=1S/C22H28N2O3/c1-17-6-4-11-24(17)12-5-13-25-20-8-3-2-7-18(20)15-23-19-9-10-21-22(14-19)27-16-26-21/h2-3,7-10,14,17,23H,4-6,11-13,15-16H2,1H3. The molecule has 5 nitrogen and oxygen atoms in total. The average Bonchev–Trinajstić information content (AvgIpc) is 3.32. The van der Waals surface area contributed by atoms with Gasteiger partial charge < -0.3 is 24.4 Å². The summed E-state index contributed by atoms with van der Waals surface area (Å²) in [4.78, 5) is 2.57. The van der Waals surface area contributed by atoms with Crippen molar-refractivity contribution in [2.24, 2.45) is 0 Å². The Kier molecular flexibility index (Phi) is 5.68. The molecule has 2 heterocycles. The van der Waals surface area contributed by atoms with E-state index in [2.05, 4.69) is 35.3 Å². The van der Waals surface area contributed by atoms with Crippen molar-refractivity contribution in [2.75, 3.05) is 31.8 Å². The number of rotatable bonds is 8. The molecule has 0 bridgehead atoms. The number of hydrogen-bond acceptors (Lipinski definition) is 5. The maximum absolute atomic E-state index is 6.08. The van der Waals surface area contributed by atoms with Crippen LogP contribution in [0, 0.1) is 0 Å². The second-order valence-electron chi connectivity index (χ2n) is 7.26. The second-order valence-corrected chi connectivity index (χ2v) is 7.26. The minimum atomic E-state index is 0.297. The Labute approximate surface area is 161 Å². The van der Waals surface area contributed by atoms with Gasteiger partial charge in [-0.05, 0) is 50.9 Å². The van der Waals surface area contributed by atoms with Crippen molar-refractivity contribution in [1.82, 2.24) is 4.90 Å². The zero-order valence-corrected chi connectivity index (χ0v) is 15.9. The lowest BCUT2D eigenvalue weighted by Gasteiger charge is -2.21. The van der Waals surface area contributed by atoms with Gasteiger partial charge in [0.2, 0.25) is 6.79 Å². The fraction of sp³-hybridized carbons (Fsp3) is 0.455. The van der Waals surface area contributed by atoms with E-state index in [-0.39, 0.29) is 0 Å². The SMILES string of the molecule is CC1CCCN1CCCOc1ccccc1CNc1ccc2c(c1)OCO2. The largest absolute Gasteiger partial charge is 0.493 e. The predicted molar refractivity (Wildman–Crippen MR) is 107 cm³/mol. The molecule has 1 atom stereocenters. The van der Waals surface area contributed by atoms with Crippen LogP contribution in [0.4, 0.5) is 5.69 Å². The van der Waals surface area contributed by atoms with Gasteiger partial charge in [-0.15, -0.1) is 0 Å². The fourth-order valence-electron chi connectivity index (χ4n) is 3.77. The number of hydrogen-bond donors (Lipinski definition) is 1. The molecule has 2 aromatic carbocycles. The molecule has 1 saturated heterocycles. The minimum Gasteiger partial charge on any atom is -0.493 e. The number of benzene rings is 2. The van der Waals surface area contributed by atoms with E-state index < -0.39 is 0 Å². The molecule has 27 heavy (non-hydrogen) atoms. The van der Waals surface area contributed by atoms with Crippen LogP contribution in [0.15, 0.2) is 42.5 Å². The Hall–Kier alpha value is -2.40. The Bertz CT molecular complexity index is 765. The van der Waals surface area contributed by atoms with Gasteiger partial charge in [0.15, 0.2) is 11.5 Å². The highest BCUT2D eigenvalue weighted by Crippen LogP contribution is 2.34. The third-order valence-corrected chi connectivity index (χ3v) is 5.37. The number of ether oxygens (including phenoxy) is 3. The topological polar surface area (TPSA) is 43.0 Å². The maximum Gasteiger partial charge on any atom is 0.231 e. The van der Waals surface area contributed by atoms with Crippen LogP contribution in [0.3, 0.4) is 0 Å². The van der Waals surface area contributed by atoms with E-state index in [1.807, 2.05) is 24.3 Å². The molecular formula is C22H28N2O3. The van der Waals surface area contributed by atoms with Crippen LogP contribution in [0.5, 0.6) is 17.2 Å². The van der Waals surface area contributed by atoms with Gasteiger partial charge in [-0.2, -0.15) is 0 Å². The normalized spacial score (nSPS) is 18.6. The van der Waals surface area contributed by atoms with E-state index in [1.54, 1.807) is 0 Å². The highest BCUT2D eigenvalue weighted by Gasteiger charge is 2.19. The molecule has 2 aliphatic rings. The third kappa shape index (κ3) is 4.48. The molecule has 2 aromatic rings. The number of nitrogens with zero attached hydrogens (tertiary/aromatic N) is 1. The smallest absolute Gasteiger partial charge is 0.231 e. The molecule has 0 aliphatic carbocycles. The molecule has 0 spiro atoms. The lowest BCUT2D eigenvalue weighted by molar-refractivity contribution is 0.174. The highest BCUT2D eigenvalue weighted by molar-refractivity contribution is 5.56. The molecular weight excluding hydrogens is 340 g/mol. The molecule has 0 radical (unpaired) electrons. The van der Waals surface area contributed by atoms with E-state index in [0.29, 0.717) is 13.3 Å². The highest BCUT2D eigenvalue weighted by atomic mass is 16.7. The van der Waals surface area contributed by atoms with E-state index in [9.17, 15) is 0 Å². The van der Waals surface area contributed by atoms with Gasteiger partial charge in [0.05, 0.1) is 6.61 Å². The molecule has 0 amide bonds. The Balaban J connectivity index is 1.28. The van der Waals surface area contributed by atoms with Crippen LogP contribution in [0.25, 0.3) is 0 Å². The molecule has 2 aliphatic heterocycles. The van der Waals surface area contributed by atoms with Gasteiger partial charge in [0.1, 0.15) is 5.75 Å². The van der Waals surface area contributed by atoms with Crippen molar-refractivity contribution in [3.8, 4) is 17.2 Å². The van der Waals surface area contributed by atoms with E-state index in [1.165, 1.54) is 19.4 Å². The Morgan fingerprint density at radius 3 is 2.93 bits per heavy atom. The van der Waals surface area contributed by atoms with E-state index >= 15 is 0 Å². The van der Waals surface area contributed by atoms with Crippen molar-refractivity contribution < 1.29 is 14.2 Å². The number of anilines is 1. The van der Waals surface area contributed by atoms with Crippen LogP contribution >= 0.6 is 0 Å². The summed E-state index contributed by atoms with van der Waals surface area (Å²) in [6.45, 7) is 6.44. The van der Waals surface area contributed by atoms with Gasteiger partial charge in [0.25, 0.3) is 0 Å². The maximum atomic E-state index is 6.08. The summed E-state index contributed by atoms with van der Waals surface area (Å²) in [6, 6.07) is 14.9. The molecule has 1 unspecified atom stereocenters. The minimum absolute atomic E-state index is 0.297. The summed E-state index contributed by atoms with van der Waals surface area (Å²) in [5.74, 6) is 2.55. The second kappa shape index (κ2) is 8.53. The molecule has 5 heteroatoms. The van der Waals surface area contributed by atoms with E-state index in [4.69, 9.17) is 14.2 Å². The molecule has 4 rings (SSSR count). The summed E-state index contributed by atoms with van der Waals surface area (Å²) >= 11 is 0. The van der Waals surface area contributed by atoms with Crippen LogP contribution in [-0.4, -0.2) is 37.4 Å². The first-order chi connectivity index (χ1) is 13.3. The summed E-state index contributed by atoms with van der Waals surface area (Å²) in [5, 5.41) is 3.45. The number of fused-ring (bicyclic) bond motifs is 1. The average molecular weight is 368 g/mol. The van der Waals surface area contributed by atoms with Gasteiger partial charge >= 0.3 is 0 Å². The number of para-hydroxylation sites is 1. The van der Waals surface area contributed by atoms with Crippen molar-refractivity contribution in [1.29, 1.82) is 0 Å². The monoisotopic (exact) mass is 368 g/mol. The van der Waals surface area contributed by atoms with E-state index in [0.717, 1.165) is 54.1 Å². The Morgan fingerprint density at radius 2 is 2.04 bits per heavy atom. The van der Waals surface area contributed by atoms with Gasteiger partial charge in [-0.25, -0.2) is 0 Å². The summed E-state index contributed by atoms with van der Waals surface area (Å²) < 4.78 is 16.9. The van der Waals surface area contributed by atoms with Crippen LogP contribution in [-0.2, 0) is 6.54 Å². The quantitative estimate of drug-likeness (QED) is 0.705. The molecule has 0 aromatic heterocycles. The van der Waals surface area contributed by atoms with Gasteiger partial charge in [-0.3, -0.25) is 0 Å². The van der Waals surface area contributed by atoms with Gasteiger partial charge in [-0.1, -0.05) is 18.2 Å². The van der Waals surface area contributed by atoms with Crippen molar-refractivity contribution in [3.63, 3.8) is 0 Å². The predicted octanol–water partition coefficient (Wildman–Crippen LogP) is 4.28. The summed E-state index contributed by atoms with van der Waals surface area (Å²) in [7, 11) is 0.